The van der Waals surface area contributed by atoms with Gasteiger partial charge in [-0.25, -0.2) is 0 Å². The first-order valence-electron chi connectivity index (χ1n) is 10.5. The minimum atomic E-state index is -0.137. The first-order valence-corrected chi connectivity index (χ1v) is 11.3. The lowest BCUT2D eigenvalue weighted by molar-refractivity contribution is 0.0977. The van der Waals surface area contributed by atoms with E-state index in [2.05, 4.69) is 31.2 Å². The largest absolute Gasteiger partial charge is 0.398 e. The Hall–Kier alpha value is -2.85. The Bertz CT molecular complexity index is 1100. The zero-order chi connectivity index (χ0) is 21.1. The van der Waals surface area contributed by atoms with E-state index in [1.54, 1.807) is 36.4 Å². The van der Waals surface area contributed by atoms with Crippen LogP contribution in [0.2, 0.25) is 0 Å². The van der Waals surface area contributed by atoms with Crippen LogP contribution in [0.15, 0.2) is 70.5 Å². The van der Waals surface area contributed by atoms with Crippen molar-refractivity contribution < 1.29 is 9.59 Å². The molecule has 0 atom stereocenters. The normalized spacial score (nSPS) is 12.6. The quantitative estimate of drug-likeness (QED) is 0.283. The molecule has 0 radical (unpaired) electrons. The zero-order valence-electron chi connectivity index (χ0n) is 17.1. The van der Waals surface area contributed by atoms with E-state index in [4.69, 9.17) is 5.73 Å². The van der Waals surface area contributed by atoms with E-state index >= 15 is 0 Å². The summed E-state index contributed by atoms with van der Waals surface area (Å²) in [5, 5.41) is 0. The summed E-state index contributed by atoms with van der Waals surface area (Å²) in [7, 11) is 0. The number of hydrogen-bond acceptors (Lipinski definition) is 4. The molecule has 0 saturated carbocycles. The summed E-state index contributed by atoms with van der Waals surface area (Å²) in [6, 6.07) is 18.8. The van der Waals surface area contributed by atoms with E-state index in [0.29, 0.717) is 32.8 Å². The van der Waals surface area contributed by atoms with Gasteiger partial charge < -0.3 is 5.73 Å². The van der Waals surface area contributed by atoms with Crippen molar-refractivity contribution in [1.82, 2.24) is 0 Å². The Kier molecular flexibility index (Phi) is 6.05. The van der Waals surface area contributed by atoms with Crippen LogP contribution in [0.4, 0.5) is 5.69 Å². The topological polar surface area (TPSA) is 60.2 Å². The predicted molar refractivity (Wildman–Crippen MR) is 123 cm³/mol. The van der Waals surface area contributed by atoms with Crippen molar-refractivity contribution in [1.29, 1.82) is 0 Å². The molecule has 1 aliphatic rings. The number of anilines is 1. The molecule has 4 rings (SSSR count). The number of fused-ring (bicyclic) bond motifs is 2. The Morgan fingerprint density at radius 3 is 2.17 bits per heavy atom. The fraction of sp³-hybridized carbons (Fsp3) is 0.231. The van der Waals surface area contributed by atoms with Crippen molar-refractivity contribution in [3.63, 3.8) is 0 Å². The van der Waals surface area contributed by atoms with Crippen LogP contribution in [0.5, 0.6) is 0 Å². The van der Waals surface area contributed by atoms with Crippen LogP contribution in [0.3, 0.4) is 0 Å². The molecular formula is C26H25NO2S. The number of benzene rings is 3. The molecule has 1 aliphatic carbocycles. The summed E-state index contributed by atoms with van der Waals surface area (Å²) in [5.74, 6) is -0.257. The highest BCUT2D eigenvalue weighted by molar-refractivity contribution is 7.99. The molecule has 0 aromatic heterocycles. The van der Waals surface area contributed by atoms with Crippen molar-refractivity contribution in [3.05, 3.63) is 88.5 Å². The number of carbonyl (C=O) groups is 2. The minimum absolute atomic E-state index is 0.121. The maximum Gasteiger partial charge on any atom is 0.195 e. The zero-order valence-corrected chi connectivity index (χ0v) is 17.9. The van der Waals surface area contributed by atoms with Gasteiger partial charge in [0.15, 0.2) is 11.6 Å². The van der Waals surface area contributed by atoms with Crippen LogP contribution >= 0.6 is 11.8 Å². The molecule has 0 bridgehead atoms. The van der Waals surface area contributed by atoms with Crippen LogP contribution in [-0.4, -0.2) is 11.6 Å². The number of carbonyl (C=O) groups excluding carboxylic acids is 2. The Balaban J connectivity index is 1.62. The highest BCUT2D eigenvalue weighted by Gasteiger charge is 2.32. The summed E-state index contributed by atoms with van der Waals surface area (Å²) in [5.41, 5.74) is 9.86. The number of unbranched alkanes of at least 4 members (excludes halogenated alkanes) is 3. The smallest absolute Gasteiger partial charge is 0.195 e. The van der Waals surface area contributed by atoms with Gasteiger partial charge in [-0.2, -0.15) is 0 Å². The first kappa shape index (κ1) is 20.4. The molecule has 3 aromatic carbocycles. The summed E-state index contributed by atoms with van der Waals surface area (Å²) in [6.45, 7) is 2.22. The standard InChI is InChI=1S/C26H25NO2S/c1-2-3-4-5-8-17-11-13-18(14-12-17)30-26-22(27)16-15-21-23(26)25(29)20-10-7-6-9-19(20)24(21)28/h6-7,9-16H,2-5,8,27H2,1H3. The number of nitrogen functional groups attached to an aromatic ring is 1. The van der Waals surface area contributed by atoms with E-state index in [9.17, 15) is 9.59 Å². The molecule has 3 nitrogen and oxygen atoms in total. The Labute approximate surface area is 181 Å². The summed E-state index contributed by atoms with van der Waals surface area (Å²) in [4.78, 5) is 27.8. The molecule has 0 amide bonds. The molecule has 0 aliphatic heterocycles. The van der Waals surface area contributed by atoms with Crippen molar-refractivity contribution in [2.24, 2.45) is 0 Å². The van der Waals surface area contributed by atoms with Gasteiger partial charge in [0.05, 0.1) is 0 Å². The van der Waals surface area contributed by atoms with E-state index < -0.39 is 0 Å². The van der Waals surface area contributed by atoms with Gasteiger partial charge in [-0.15, -0.1) is 0 Å². The Morgan fingerprint density at radius 1 is 0.767 bits per heavy atom. The van der Waals surface area contributed by atoms with E-state index in [-0.39, 0.29) is 11.6 Å². The van der Waals surface area contributed by atoms with E-state index in [0.717, 1.165) is 11.3 Å². The molecule has 2 N–H and O–H groups in total. The SMILES string of the molecule is CCCCCCc1ccc(Sc2c(N)ccc3c2C(=O)c2ccccc2C3=O)cc1. The van der Waals surface area contributed by atoms with Gasteiger partial charge in [0.1, 0.15) is 0 Å². The number of rotatable bonds is 7. The van der Waals surface area contributed by atoms with Crippen molar-refractivity contribution in [2.45, 2.75) is 48.8 Å². The van der Waals surface area contributed by atoms with E-state index in [1.165, 1.54) is 43.0 Å². The van der Waals surface area contributed by atoms with Gasteiger partial charge in [0, 0.05) is 37.7 Å². The van der Waals surface area contributed by atoms with Gasteiger partial charge in [0.2, 0.25) is 0 Å². The molecular weight excluding hydrogens is 390 g/mol. The average Bonchev–Trinajstić information content (AvgIpc) is 2.77. The molecule has 0 heterocycles. The number of hydrogen-bond donors (Lipinski definition) is 1. The lowest BCUT2D eigenvalue weighted by Gasteiger charge is -2.21. The second-order valence-corrected chi connectivity index (χ2v) is 8.75. The molecule has 0 spiro atoms. The molecule has 152 valence electrons. The highest BCUT2D eigenvalue weighted by Crippen LogP contribution is 2.40. The summed E-state index contributed by atoms with van der Waals surface area (Å²) in [6.07, 6.45) is 6.07. The lowest BCUT2D eigenvalue weighted by Crippen LogP contribution is -2.22. The third kappa shape index (κ3) is 3.92. The molecule has 0 saturated heterocycles. The van der Waals surface area contributed by atoms with Crippen LogP contribution in [0.1, 0.15) is 70.0 Å². The minimum Gasteiger partial charge on any atom is -0.398 e. The van der Waals surface area contributed by atoms with Crippen molar-refractivity contribution in [3.8, 4) is 0 Å². The van der Waals surface area contributed by atoms with Crippen LogP contribution in [-0.2, 0) is 6.42 Å². The van der Waals surface area contributed by atoms with Gasteiger partial charge in [-0.1, -0.05) is 74.3 Å². The fourth-order valence-corrected chi connectivity index (χ4v) is 4.88. The average molecular weight is 416 g/mol. The van der Waals surface area contributed by atoms with Crippen LogP contribution < -0.4 is 5.73 Å². The van der Waals surface area contributed by atoms with Gasteiger partial charge in [-0.3, -0.25) is 9.59 Å². The predicted octanol–water partition coefficient (Wildman–Crippen LogP) is 6.32. The second-order valence-electron chi connectivity index (χ2n) is 7.67. The van der Waals surface area contributed by atoms with Crippen molar-refractivity contribution in [2.75, 3.05) is 5.73 Å². The van der Waals surface area contributed by atoms with Crippen LogP contribution in [0, 0.1) is 0 Å². The maximum absolute atomic E-state index is 13.2. The lowest BCUT2D eigenvalue weighted by atomic mass is 9.84. The number of ketones is 2. The summed E-state index contributed by atoms with van der Waals surface area (Å²) < 4.78 is 0. The molecule has 30 heavy (non-hydrogen) atoms. The molecule has 0 fully saturated rings. The van der Waals surface area contributed by atoms with Gasteiger partial charge in [-0.05, 0) is 42.7 Å². The number of aryl methyl sites for hydroxylation is 1. The molecule has 3 aromatic rings. The third-order valence-electron chi connectivity index (χ3n) is 5.54. The number of nitrogens with two attached hydrogens (primary N) is 1. The summed E-state index contributed by atoms with van der Waals surface area (Å²) >= 11 is 1.45. The van der Waals surface area contributed by atoms with Crippen LogP contribution in [0.25, 0.3) is 0 Å². The fourth-order valence-electron chi connectivity index (χ4n) is 3.88. The first-order chi connectivity index (χ1) is 14.6. The van der Waals surface area contributed by atoms with Crippen molar-refractivity contribution >= 4 is 29.0 Å². The monoisotopic (exact) mass is 415 g/mol. The van der Waals surface area contributed by atoms with Gasteiger partial charge >= 0.3 is 0 Å². The highest BCUT2D eigenvalue weighted by atomic mass is 32.2. The molecule has 0 unspecified atom stereocenters. The Morgan fingerprint density at radius 2 is 1.47 bits per heavy atom. The maximum atomic E-state index is 13.2. The van der Waals surface area contributed by atoms with E-state index in [1.807, 2.05) is 0 Å². The second kappa shape index (κ2) is 8.88. The third-order valence-corrected chi connectivity index (χ3v) is 6.69. The van der Waals surface area contributed by atoms with Gasteiger partial charge in [0.25, 0.3) is 0 Å². The molecule has 4 heteroatoms.